The molecular weight excluding hydrogens is 270 g/mol. The van der Waals surface area contributed by atoms with Crippen LogP contribution >= 0.6 is 11.3 Å². The van der Waals surface area contributed by atoms with Gasteiger partial charge in [-0.1, -0.05) is 13.0 Å². The summed E-state index contributed by atoms with van der Waals surface area (Å²) < 4.78 is 0. The number of aromatic nitrogens is 1. The number of carbonyl (C=O) groups excluding carboxylic acids is 1. The quantitative estimate of drug-likeness (QED) is 0.906. The molecule has 20 heavy (non-hydrogen) atoms. The van der Waals surface area contributed by atoms with Crippen LogP contribution in [0.15, 0.2) is 29.8 Å². The van der Waals surface area contributed by atoms with E-state index in [1.165, 1.54) is 4.88 Å². The first kappa shape index (κ1) is 12.9. The molecule has 2 aromatic heterocycles. The molecule has 2 unspecified atom stereocenters. The summed E-state index contributed by atoms with van der Waals surface area (Å²) in [5, 5.41) is 13.8. The van der Waals surface area contributed by atoms with Gasteiger partial charge in [0, 0.05) is 23.0 Å². The summed E-state index contributed by atoms with van der Waals surface area (Å²) in [6.45, 7) is 2.92. The molecule has 0 saturated heterocycles. The van der Waals surface area contributed by atoms with Crippen molar-refractivity contribution in [1.82, 2.24) is 10.3 Å². The Hall–Kier alpha value is -2.06. The summed E-state index contributed by atoms with van der Waals surface area (Å²) in [6, 6.07) is 7.81. The number of amides is 1. The molecule has 0 radical (unpaired) electrons. The molecule has 0 aromatic carbocycles. The number of rotatable bonds is 4. The van der Waals surface area contributed by atoms with E-state index in [0.29, 0.717) is 23.7 Å². The predicted octanol–water partition coefficient (Wildman–Crippen LogP) is 2.66. The van der Waals surface area contributed by atoms with E-state index < -0.39 is 0 Å². The molecule has 1 amide bonds. The Morgan fingerprint density at radius 3 is 3.20 bits per heavy atom. The third-order valence-corrected chi connectivity index (χ3v) is 5.21. The summed E-state index contributed by atoms with van der Waals surface area (Å²) in [5.41, 5.74) is 1.14. The molecule has 102 valence electrons. The summed E-state index contributed by atoms with van der Waals surface area (Å²) in [4.78, 5) is 16.2. The molecule has 2 atom stereocenters. The zero-order valence-corrected chi connectivity index (χ0v) is 12.0. The lowest BCUT2D eigenvalue weighted by Crippen LogP contribution is -2.27. The standard InChI is InChI=1S/C15H15N3OS/c1-15(13-3-2-4-20-13)6-11(15)9-18-14(19)12-5-10(7-16)8-17-12/h2-5,8,11,17H,6,9H2,1H3,(H,18,19). The molecule has 2 N–H and O–H groups in total. The van der Waals surface area contributed by atoms with Crippen molar-refractivity contribution in [2.24, 2.45) is 5.92 Å². The number of nitrogens with one attached hydrogen (secondary N) is 2. The van der Waals surface area contributed by atoms with Gasteiger partial charge in [0.1, 0.15) is 11.8 Å². The van der Waals surface area contributed by atoms with Gasteiger partial charge in [-0.2, -0.15) is 5.26 Å². The van der Waals surface area contributed by atoms with Crippen LogP contribution in [0, 0.1) is 17.2 Å². The van der Waals surface area contributed by atoms with Gasteiger partial charge >= 0.3 is 0 Å². The molecule has 0 aliphatic heterocycles. The van der Waals surface area contributed by atoms with E-state index in [4.69, 9.17) is 5.26 Å². The lowest BCUT2D eigenvalue weighted by Gasteiger charge is -2.09. The van der Waals surface area contributed by atoms with Crippen molar-refractivity contribution in [2.75, 3.05) is 6.54 Å². The molecule has 5 heteroatoms. The lowest BCUT2D eigenvalue weighted by molar-refractivity contribution is 0.0946. The van der Waals surface area contributed by atoms with E-state index in [1.807, 2.05) is 6.07 Å². The normalized spacial score (nSPS) is 24.1. The van der Waals surface area contributed by atoms with Crippen molar-refractivity contribution in [3.8, 4) is 6.07 Å². The fraction of sp³-hybridized carbons (Fsp3) is 0.333. The molecule has 1 fully saturated rings. The second kappa shape index (κ2) is 4.80. The molecule has 1 aliphatic rings. The van der Waals surface area contributed by atoms with Gasteiger partial charge < -0.3 is 10.3 Å². The van der Waals surface area contributed by atoms with Gasteiger partial charge in [0.2, 0.25) is 0 Å². The zero-order valence-electron chi connectivity index (χ0n) is 11.1. The maximum Gasteiger partial charge on any atom is 0.267 e. The zero-order chi connectivity index (χ0) is 14.2. The fourth-order valence-electron chi connectivity index (χ4n) is 2.56. The monoisotopic (exact) mass is 285 g/mol. The summed E-state index contributed by atoms with van der Waals surface area (Å²) in [6.07, 6.45) is 2.66. The molecular formula is C15H15N3OS. The van der Waals surface area contributed by atoms with Gasteiger partial charge in [0.15, 0.2) is 0 Å². The average molecular weight is 285 g/mol. The minimum atomic E-state index is -0.146. The van der Waals surface area contributed by atoms with E-state index in [1.54, 1.807) is 23.6 Å². The molecule has 3 rings (SSSR count). The number of hydrogen-bond donors (Lipinski definition) is 2. The van der Waals surface area contributed by atoms with E-state index in [-0.39, 0.29) is 11.3 Å². The van der Waals surface area contributed by atoms with E-state index in [0.717, 1.165) is 6.42 Å². The number of nitrogens with zero attached hydrogens (tertiary/aromatic N) is 1. The van der Waals surface area contributed by atoms with Gasteiger partial charge in [-0.25, -0.2) is 0 Å². The Balaban J connectivity index is 1.56. The smallest absolute Gasteiger partial charge is 0.267 e. The van der Waals surface area contributed by atoms with Gasteiger partial charge in [-0.05, 0) is 29.9 Å². The van der Waals surface area contributed by atoms with Crippen LogP contribution in [0.2, 0.25) is 0 Å². The molecule has 1 aliphatic carbocycles. The molecule has 1 saturated carbocycles. The third-order valence-electron chi connectivity index (χ3n) is 4.06. The van der Waals surface area contributed by atoms with Crippen molar-refractivity contribution in [2.45, 2.75) is 18.8 Å². The molecule has 0 bridgehead atoms. The Kier molecular flexibility index (Phi) is 3.11. The molecule has 0 spiro atoms. The van der Waals surface area contributed by atoms with Crippen molar-refractivity contribution in [3.63, 3.8) is 0 Å². The van der Waals surface area contributed by atoms with Crippen LogP contribution in [-0.2, 0) is 5.41 Å². The minimum Gasteiger partial charge on any atom is -0.356 e. The number of carbonyl (C=O) groups is 1. The molecule has 2 heterocycles. The summed E-state index contributed by atoms with van der Waals surface area (Å²) in [5.74, 6) is 0.349. The van der Waals surface area contributed by atoms with Crippen molar-refractivity contribution >= 4 is 17.2 Å². The van der Waals surface area contributed by atoms with E-state index in [2.05, 4.69) is 34.7 Å². The first-order valence-electron chi connectivity index (χ1n) is 6.54. The van der Waals surface area contributed by atoms with Crippen LogP contribution in [0.1, 0.15) is 34.3 Å². The van der Waals surface area contributed by atoms with Gasteiger partial charge in [0.25, 0.3) is 5.91 Å². The van der Waals surface area contributed by atoms with Gasteiger partial charge in [-0.3, -0.25) is 4.79 Å². The number of hydrogen-bond acceptors (Lipinski definition) is 3. The largest absolute Gasteiger partial charge is 0.356 e. The van der Waals surface area contributed by atoms with Crippen LogP contribution in [-0.4, -0.2) is 17.4 Å². The SMILES string of the molecule is CC1(c2cccs2)CC1CNC(=O)c1cc(C#N)c[nH]1. The van der Waals surface area contributed by atoms with Crippen LogP contribution in [0.4, 0.5) is 0 Å². The van der Waals surface area contributed by atoms with E-state index in [9.17, 15) is 4.79 Å². The van der Waals surface area contributed by atoms with Crippen LogP contribution < -0.4 is 5.32 Å². The highest BCUT2D eigenvalue weighted by Crippen LogP contribution is 2.54. The van der Waals surface area contributed by atoms with Crippen LogP contribution in [0.5, 0.6) is 0 Å². The summed E-state index contributed by atoms with van der Waals surface area (Å²) >= 11 is 1.78. The van der Waals surface area contributed by atoms with Crippen molar-refractivity contribution < 1.29 is 4.79 Å². The van der Waals surface area contributed by atoms with Crippen molar-refractivity contribution in [1.29, 1.82) is 5.26 Å². The second-order valence-corrected chi connectivity index (χ2v) is 6.37. The van der Waals surface area contributed by atoms with Crippen LogP contribution in [0.25, 0.3) is 0 Å². The lowest BCUT2D eigenvalue weighted by atomic mass is 10.0. The number of aromatic amines is 1. The fourth-order valence-corrected chi connectivity index (χ4v) is 3.54. The average Bonchev–Trinajstić information content (AvgIpc) is 2.93. The maximum absolute atomic E-state index is 12.0. The maximum atomic E-state index is 12.0. The first-order chi connectivity index (χ1) is 9.63. The van der Waals surface area contributed by atoms with Crippen LogP contribution in [0.3, 0.4) is 0 Å². The number of thiophene rings is 1. The Morgan fingerprint density at radius 1 is 1.70 bits per heavy atom. The van der Waals surface area contributed by atoms with Crippen molar-refractivity contribution in [3.05, 3.63) is 45.9 Å². The van der Waals surface area contributed by atoms with Gasteiger partial charge in [0.05, 0.1) is 5.56 Å². The topological polar surface area (TPSA) is 68.7 Å². The minimum absolute atomic E-state index is 0.146. The number of nitriles is 1. The highest BCUT2D eigenvalue weighted by Gasteiger charge is 2.51. The number of H-pyrrole nitrogens is 1. The van der Waals surface area contributed by atoms with Gasteiger partial charge in [-0.15, -0.1) is 11.3 Å². The molecule has 4 nitrogen and oxygen atoms in total. The highest BCUT2D eigenvalue weighted by molar-refractivity contribution is 7.10. The Morgan fingerprint density at radius 2 is 2.55 bits per heavy atom. The second-order valence-electron chi connectivity index (χ2n) is 5.42. The Labute approximate surface area is 121 Å². The summed E-state index contributed by atoms with van der Waals surface area (Å²) in [7, 11) is 0. The first-order valence-corrected chi connectivity index (χ1v) is 7.42. The third kappa shape index (κ3) is 2.23. The Bertz CT molecular complexity index is 668. The highest BCUT2D eigenvalue weighted by atomic mass is 32.1. The predicted molar refractivity (Wildman–Crippen MR) is 77.6 cm³/mol. The molecule has 2 aromatic rings. The van der Waals surface area contributed by atoms with E-state index >= 15 is 0 Å².